The van der Waals surface area contributed by atoms with Gasteiger partial charge < -0.3 is 10.1 Å². The molecule has 1 unspecified atom stereocenters. The highest BCUT2D eigenvalue weighted by Gasteiger charge is 2.23. The van der Waals surface area contributed by atoms with Crippen LogP contribution in [0.4, 0.5) is 11.4 Å². The van der Waals surface area contributed by atoms with E-state index in [0.29, 0.717) is 16.9 Å². The van der Waals surface area contributed by atoms with Crippen LogP contribution < -0.4 is 10.9 Å². The highest BCUT2D eigenvalue weighted by molar-refractivity contribution is 5.95. The van der Waals surface area contributed by atoms with Crippen molar-refractivity contribution in [2.45, 2.75) is 26.4 Å². The van der Waals surface area contributed by atoms with Crippen molar-refractivity contribution in [1.29, 1.82) is 0 Å². The number of ether oxygens (including phenoxy) is 1. The van der Waals surface area contributed by atoms with Crippen LogP contribution in [0.2, 0.25) is 0 Å². The van der Waals surface area contributed by atoms with E-state index in [1.54, 1.807) is 42.9 Å². The zero-order valence-corrected chi connectivity index (χ0v) is 17.8. The number of carbonyl (C=O) groups is 2. The number of esters is 1. The summed E-state index contributed by atoms with van der Waals surface area (Å²) < 4.78 is 8.22. The van der Waals surface area contributed by atoms with Crippen molar-refractivity contribution < 1.29 is 19.2 Å². The highest BCUT2D eigenvalue weighted by Crippen LogP contribution is 2.15. The molecule has 0 saturated carbocycles. The minimum absolute atomic E-state index is 0.0887. The monoisotopic (exact) mass is 438 g/mol. The highest BCUT2D eigenvalue weighted by atomic mass is 16.6. The maximum atomic E-state index is 12.9. The molecule has 0 aliphatic heterocycles. The number of hydrogen-bond acceptors (Lipinski definition) is 6. The van der Waals surface area contributed by atoms with Gasteiger partial charge in [-0.15, -0.1) is 0 Å². The van der Waals surface area contributed by atoms with E-state index in [1.165, 1.54) is 35.9 Å². The second-order valence-corrected chi connectivity index (χ2v) is 7.16. The standard InChI is InChI=1S/C22H22N4O6/c1-14-20(22(29)25(24(14)3)17-7-5-4-6-8-17)23-21(28)15(2)32-19(27)13-16-9-11-18(12-10-16)26(30)31/h4-12,15H,13H2,1-3H3,(H,23,28). The number of non-ortho nitro benzene ring substituents is 1. The number of nitrogens with zero attached hydrogens (tertiary/aromatic N) is 3. The Labute approximate surface area is 183 Å². The molecule has 32 heavy (non-hydrogen) atoms. The summed E-state index contributed by atoms with van der Waals surface area (Å²) in [6.07, 6.45) is -1.30. The number of amides is 1. The molecule has 0 saturated heterocycles. The van der Waals surface area contributed by atoms with Gasteiger partial charge in [-0.2, -0.15) is 0 Å². The lowest BCUT2D eigenvalue weighted by atomic mass is 10.1. The van der Waals surface area contributed by atoms with E-state index in [0.717, 1.165) is 0 Å². The van der Waals surface area contributed by atoms with Gasteiger partial charge in [0.15, 0.2) is 6.10 Å². The molecule has 10 heteroatoms. The predicted octanol–water partition coefficient (Wildman–Crippen LogP) is 2.51. The van der Waals surface area contributed by atoms with E-state index < -0.39 is 28.5 Å². The van der Waals surface area contributed by atoms with Crippen molar-refractivity contribution in [3.05, 3.63) is 86.3 Å². The summed E-state index contributed by atoms with van der Waals surface area (Å²) in [5.41, 5.74) is 1.29. The number of hydrogen-bond donors (Lipinski definition) is 1. The molecule has 166 valence electrons. The van der Waals surface area contributed by atoms with Crippen LogP contribution in [-0.2, 0) is 27.8 Å². The van der Waals surface area contributed by atoms with Crippen molar-refractivity contribution in [2.24, 2.45) is 7.05 Å². The van der Waals surface area contributed by atoms with E-state index in [4.69, 9.17) is 4.74 Å². The number of nitrogens with one attached hydrogen (secondary N) is 1. The Balaban J connectivity index is 1.67. The zero-order chi connectivity index (χ0) is 23.4. The van der Waals surface area contributed by atoms with Crippen molar-refractivity contribution in [3.8, 4) is 5.69 Å². The van der Waals surface area contributed by atoms with Crippen molar-refractivity contribution in [3.63, 3.8) is 0 Å². The molecular formula is C22H22N4O6. The molecular weight excluding hydrogens is 416 g/mol. The molecule has 1 aromatic heterocycles. The van der Waals surface area contributed by atoms with E-state index >= 15 is 0 Å². The van der Waals surface area contributed by atoms with Gasteiger partial charge in [0.1, 0.15) is 5.69 Å². The molecule has 0 fully saturated rings. The molecule has 2 aromatic carbocycles. The van der Waals surface area contributed by atoms with E-state index in [2.05, 4.69) is 5.32 Å². The van der Waals surface area contributed by atoms with Crippen LogP contribution >= 0.6 is 0 Å². The Bertz CT molecular complexity index is 1210. The average molecular weight is 438 g/mol. The molecule has 10 nitrogen and oxygen atoms in total. The Morgan fingerprint density at radius 1 is 1.12 bits per heavy atom. The number of para-hydroxylation sites is 1. The lowest BCUT2D eigenvalue weighted by Gasteiger charge is -2.13. The molecule has 0 bridgehead atoms. The fraction of sp³-hybridized carbons (Fsp3) is 0.227. The van der Waals surface area contributed by atoms with Gasteiger partial charge >= 0.3 is 5.97 Å². The van der Waals surface area contributed by atoms with Gasteiger partial charge in [0.25, 0.3) is 17.2 Å². The Hall–Kier alpha value is -4.21. The molecule has 0 aliphatic carbocycles. The van der Waals surface area contributed by atoms with Crippen LogP contribution in [0.25, 0.3) is 5.69 Å². The molecule has 1 N–H and O–H groups in total. The smallest absolute Gasteiger partial charge is 0.311 e. The zero-order valence-electron chi connectivity index (χ0n) is 17.8. The molecule has 1 amide bonds. The quantitative estimate of drug-likeness (QED) is 0.343. The molecule has 3 rings (SSSR count). The summed E-state index contributed by atoms with van der Waals surface area (Å²) >= 11 is 0. The first-order valence-electron chi connectivity index (χ1n) is 9.76. The van der Waals surface area contributed by atoms with Crippen molar-refractivity contribution in [2.75, 3.05) is 5.32 Å². The second kappa shape index (κ2) is 9.29. The SMILES string of the molecule is Cc1c(NC(=O)C(C)OC(=O)Cc2ccc([N+](=O)[O-])cc2)c(=O)n(-c2ccccc2)n1C. The lowest BCUT2D eigenvalue weighted by Crippen LogP contribution is -2.32. The summed E-state index contributed by atoms with van der Waals surface area (Å²) in [5.74, 6) is -1.32. The van der Waals surface area contributed by atoms with Crippen LogP contribution in [0.5, 0.6) is 0 Å². The number of nitro benzene ring substituents is 1. The van der Waals surface area contributed by atoms with Crippen LogP contribution in [0.3, 0.4) is 0 Å². The lowest BCUT2D eigenvalue weighted by molar-refractivity contribution is -0.384. The van der Waals surface area contributed by atoms with E-state index in [9.17, 15) is 24.5 Å². The number of rotatable bonds is 7. The van der Waals surface area contributed by atoms with Gasteiger partial charge in [-0.25, -0.2) is 4.68 Å². The normalized spacial score (nSPS) is 11.6. The number of anilines is 1. The molecule has 1 atom stereocenters. The Morgan fingerprint density at radius 2 is 1.75 bits per heavy atom. The molecule has 0 radical (unpaired) electrons. The van der Waals surface area contributed by atoms with Gasteiger partial charge in [0.05, 0.1) is 22.7 Å². The largest absolute Gasteiger partial charge is 0.452 e. The maximum Gasteiger partial charge on any atom is 0.311 e. The topological polar surface area (TPSA) is 125 Å². The van der Waals surface area contributed by atoms with Crippen LogP contribution in [0, 0.1) is 17.0 Å². The third-order valence-electron chi connectivity index (χ3n) is 4.98. The van der Waals surface area contributed by atoms with Crippen molar-refractivity contribution >= 4 is 23.3 Å². The van der Waals surface area contributed by atoms with Gasteiger partial charge in [0.2, 0.25) is 0 Å². The summed E-state index contributed by atoms with van der Waals surface area (Å²) in [6.45, 7) is 3.10. The molecule has 0 aliphatic rings. The first kappa shape index (κ1) is 22.5. The number of nitro groups is 1. The van der Waals surface area contributed by atoms with E-state index in [-0.39, 0.29) is 17.8 Å². The third kappa shape index (κ3) is 4.75. The Morgan fingerprint density at radius 3 is 2.34 bits per heavy atom. The third-order valence-corrected chi connectivity index (χ3v) is 4.98. The number of carbonyl (C=O) groups excluding carboxylic acids is 2. The van der Waals surface area contributed by atoms with Crippen molar-refractivity contribution in [1.82, 2.24) is 9.36 Å². The van der Waals surface area contributed by atoms with Gasteiger partial charge in [0, 0.05) is 19.2 Å². The van der Waals surface area contributed by atoms with Crippen LogP contribution in [0.1, 0.15) is 18.2 Å². The predicted molar refractivity (Wildman–Crippen MR) is 117 cm³/mol. The van der Waals surface area contributed by atoms with Gasteiger partial charge in [-0.3, -0.25) is 29.2 Å². The Kier molecular flexibility index (Phi) is 6.53. The molecule has 3 aromatic rings. The van der Waals surface area contributed by atoms with E-state index in [1.807, 2.05) is 6.07 Å². The summed E-state index contributed by atoms with van der Waals surface area (Å²) in [6, 6.07) is 14.4. The van der Waals surface area contributed by atoms with Crippen LogP contribution in [-0.4, -0.2) is 32.3 Å². The first-order chi connectivity index (χ1) is 15.2. The fourth-order valence-electron chi connectivity index (χ4n) is 3.13. The number of benzene rings is 2. The minimum Gasteiger partial charge on any atom is -0.452 e. The summed E-state index contributed by atoms with van der Waals surface area (Å²) in [5, 5.41) is 13.3. The average Bonchev–Trinajstić information content (AvgIpc) is 2.97. The van der Waals surface area contributed by atoms with Gasteiger partial charge in [-0.1, -0.05) is 30.3 Å². The fourth-order valence-corrected chi connectivity index (χ4v) is 3.13. The second-order valence-electron chi connectivity index (χ2n) is 7.16. The first-order valence-corrected chi connectivity index (χ1v) is 9.76. The van der Waals surface area contributed by atoms with Gasteiger partial charge in [-0.05, 0) is 31.5 Å². The summed E-state index contributed by atoms with van der Waals surface area (Å²) in [7, 11) is 1.70. The summed E-state index contributed by atoms with van der Waals surface area (Å²) in [4.78, 5) is 47.8. The maximum absolute atomic E-state index is 12.9. The molecule has 0 spiro atoms. The van der Waals surface area contributed by atoms with Crippen LogP contribution in [0.15, 0.2) is 59.4 Å². The minimum atomic E-state index is -1.15. The number of aromatic nitrogens is 2. The molecule has 1 heterocycles.